The van der Waals surface area contributed by atoms with Crippen LogP contribution in [0.5, 0.6) is 0 Å². The first-order valence-electron chi connectivity index (χ1n) is 7.63. The summed E-state index contributed by atoms with van der Waals surface area (Å²) in [5.41, 5.74) is 2.02. The van der Waals surface area contributed by atoms with Crippen molar-refractivity contribution in [2.24, 2.45) is 0 Å². The van der Waals surface area contributed by atoms with Gasteiger partial charge in [-0.3, -0.25) is 9.48 Å². The Morgan fingerprint density at radius 3 is 2.50 bits per heavy atom. The molecule has 1 saturated heterocycles. The highest BCUT2D eigenvalue weighted by Gasteiger charge is 2.25. The molecule has 0 aliphatic carbocycles. The fraction of sp³-hybridized carbons (Fsp3) is 0.733. The molecule has 1 N–H and O–H groups in total. The molecule has 128 valence electrons. The van der Waals surface area contributed by atoms with E-state index >= 15 is 0 Å². The Balaban J connectivity index is 0.00000220. The predicted molar refractivity (Wildman–Crippen MR) is 94.1 cm³/mol. The number of aryl methyl sites for hydroxylation is 2. The third-order valence-electron chi connectivity index (χ3n) is 3.92. The Morgan fingerprint density at radius 2 is 2.00 bits per heavy atom. The highest BCUT2D eigenvalue weighted by Crippen LogP contribution is 2.14. The predicted octanol–water partition coefficient (Wildman–Crippen LogP) is 2.33. The third-order valence-corrected chi connectivity index (χ3v) is 3.92. The van der Waals surface area contributed by atoms with Gasteiger partial charge in [0.1, 0.15) is 6.54 Å². The number of hydrogen-bond acceptors (Lipinski definition) is 3. The van der Waals surface area contributed by atoms with E-state index in [0.717, 1.165) is 50.3 Å². The zero-order chi connectivity index (χ0) is 14.5. The van der Waals surface area contributed by atoms with Crippen molar-refractivity contribution in [1.82, 2.24) is 20.0 Å². The minimum absolute atomic E-state index is 0. The SMILES string of the molecule is CCCN(C(=O)Cn1nc(C)cc1C)C1CCNCC1.Cl.Cl. The van der Waals surface area contributed by atoms with Crippen LogP contribution in [0, 0.1) is 13.8 Å². The number of hydrogen-bond donors (Lipinski definition) is 1. The van der Waals surface area contributed by atoms with E-state index in [9.17, 15) is 4.79 Å². The Bertz CT molecular complexity index is 458. The number of halogens is 2. The Labute approximate surface area is 145 Å². The van der Waals surface area contributed by atoms with Crippen molar-refractivity contribution in [2.75, 3.05) is 19.6 Å². The van der Waals surface area contributed by atoms with E-state index in [1.54, 1.807) is 0 Å². The molecule has 0 bridgehead atoms. The molecule has 2 heterocycles. The normalized spacial score (nSPS) is 14.9. The zero-order valence-electron chi connectivity index (χ0n) is 13.7. The lowest BCUT2D eigenvalue weighted by Crippen LogP contribution is -2.47. The summed E-state index contributed by atoms with van der Waals surface area (Å²) >= 11 is 0. The summed E-state index contributed by atoms with van der Waals surface area (Å²) in [6.07, 6.45) is 3.12. The number of carbonyl (C=O) groups is 1. The average molecular weight is 351 g/mol. The van der Waals surface area contributed by atoms with Crippen LogP contribution in [0.4, 0.5) is 0 Å². The largest absolute Gasteiger partial charge is 0.338 e. The molecule has 2 rings (SSSR count). The van der Waals surface area contributed by atoms with Crippen LogP contribution in [0.2, 0.25) is 0 Å². The van der Waals surface area contributed by atoms with Crippen LogP contribution >= 0.6 is 24.8 Å². The number of nitrogens with zero attached hydrogens (tertiary/aromatic N) is 3. The maximum Gasteiger partial charge on any atom is 0.244 e. The number of carbonyl (C=O) groups excluding carboxylic acids is 1. The van der Waals surface area contributed by atoms with E-state index < -0.39 is 0 Å². The first-order chi connectivity index (χ1) is 9.61. The molecule has 22 heavy (non-hydrogen) atoms. The smallest absolute Gasteiger partial charge is 0.244 e. The zero-order valence-corrected chi connectivity index (χ0v) is 15.3. The second kappa shape index (κ2) is 10.1. The molecule has 0 spiro atoms. The van der Waals surface area contributed by atoms with Crippen LogP contribution in [-0.2, 0) is 11.3 Å². The Kier molecular flexibility index (Phi) is 9.72. The average Bonchev–Trinajstić information content (AvgIpc) is 2.75. The van der Waals surface area contributed by atoms with E-state index in [1.165, 1.54) is 0 Å². The second-order valence-corrected chi connectivity index (χ2v) is 5.65. The molecule has 0 saturated carbocycles. The van der Waals surface area contributed by atoms with Gasteiger partial charge in [0.15, 0.2) is 0 Å². The summed E-state index contributed by atoms with van der Waals surface area (Å²) < 4.78 is 1.82. The number of amides is 1. The van der Waals surface area contributed by atoms with Crippen molar-refractivity contribution >= 4 is 30.7 Å². The van der Waals surface area contributed by atoms with Gasteiger partial charge in [-0.1, -0.05) is 6.92 Å². The van der Waals surface area contributed by atoms with Gasteiger partial charge in [-0.05, 0) is 52.3 Å². The topological polar surface area (TPSA) is 50.2 Å². The van der Waals surface area contributed by atoms with Gasteiger partial charge in [0.05, 0.1) is 5.69 Å². The van der Waals surface area contributed by atoms with Crippen molar-refractivity contribution in [2.45, 2.75) is 52.6 Å². The molecular weight excluding hydrogens is 323 g/mol. The summed E-state index contributed by atoms with van der Waals surface area (Å²) in [7, 11) is 0. The molecule has 1 aromatic rings. The molecule has 1 aliphatic heterocycles. The van der Waals surface area contributed by atoms with Crippen LogP contribution < -0.4 is 5.32 Å². The van der Waals surface area contributed by atoms with Crippen molar-refractivity contribution in [1.29, 1.82) is 0 Å². The van der Waals surface area contributed by atoms with Gasteiger partial charge in [-0.15, -0.1) is 24.8 Å². The molecule has 1 aromatic heterocycles. The molecular formula is C15H28Cl2N4O. The standard InChI is InChI=1S/C15H26N4O.2ClH/c1-4-9-18(14-5-7-16-8-6-14)15(20)11-19-13(3)10-12(2)17-19;;/h10,14,16H,4-9,11H2,1-3H3;2*1H. The summed E-state index contributed by atoms with van der Waals surface area (Å²) in [4.78, 5) is 14.7. The molecule has 7 heteroatoms. The van der Waals surface area contributed by atoms with Gasteiger partial charge in [0.2, 0.25) is 5.91 Å². The number of piperidine rings is 1. The summed E-state index contributed by atoms with van der Waals surface area (Å²) in [6, 6.07) is 2.41. The molecule has 1 fully saturated rings. The first-order valence-corrected chi connectivity index (χ1v) is 7.63. The quantitative estimate of drug-likeness (QED) is 0.886. The van der Waals surface area contributed by atoms with Gasteiger partial charge in [-0.2, -0.15) is 5.10 Å². The minimum Gasteiger partial charge on any atom is -0.338 e. The molecule has 1 aliphatic rings. The molecule has 0 aromatic carbocycles. The third kappa shape index (κ3) is 5.45. The summed E-state index contributed by atoms with van der Waals surface area (Å²) in [5.74, 6) is 0.199. The van der Waals surface area contributed by atoms with Crippen LogP contribution in [0.15, 0.2) is 6.07 Å². The highest BCUT2D eigenvalue weighted by atomic mass is 35.5. The summed E-state index contributed by atoms with van der Waals surface area (Å²) in [6.45, 7) is 9.33. The van der Waals surface area contributed by atoms with Gasteiger partial charge < -0.3 is 10.2 Å². The van der Waals surface area contributed by atoms with Gasteiger partial charge >= 0.3 is 0 Å². The van der Waals surface area contributed by atoms with E-state index in [-0.39, 0.29) is 30.7 Å². The fourth-order valence-corrected chi connectivity index (χ4v) is 2.92. The van der Waals surface area contributed by atoms with Crippen LogP contribution in [0.3, 0.4) is 0 Å². The first kappa shape index (κ1) is 21.2. The van der Waals surface area contributed by atoms with Gasteiger partial charge in [-0.25, -0.2) is 0 Å². The molecule has 0 atom stereocenters. The number of nitrogens with one attached hydrogen (secondary N) is 1. The number of rotatable bonds is 5. The Hall–Kier alpha value is -0.780. The Morgan fingerprint density at radius 1 is 1.36 bits per heavy atom. The van der Waals surface area contributed by atoms with Crippen molar-refractivity contribution in [3.8, 4) is 0 Å². The lowest BCUT2D eigenvalue weighted by molar-refractivity contribution is -0.135. The highest BCUT2D eigenvalue weighted by molar-refractivity contribution is 5.85. The lowest BCUT2D eigenvalue weighted by Gasteiger charge is -2.34. The minimum atomic E-state index is 0. The van der Waals surface area contributed by atoms with E-state index in [4.69, 9.17) is 0 Å². The van der Waals surface area contributed by atoms with Crippen molar-refractivity contribution < 1.29 is 4.79 Å². The lowest BCUT2D eigenvalue weighted by atomic mass is 10.0. The van der Waals surface area contributed by atoms with Crippen LogP contribution in [-0.4, -0.2) is 46.3 Å². The molecule has 1 amide bonds. The van der Waals surface area contributed by atoms with Crippen molar-refractivity contribution in [3.63, 3.8) is 0 Å². The van der Waals surface area contributed by atoms with Gasteiger partial charge in [0, 0.05) is 18.3 Å². The second-order valence-electron chi connectivity index (χ2n) is 5.65. The maximum atomic E-state index is 12.6. The maximum absolute atomic E-state index is 12.6. The van der Waals surface area contributed by atoms with E-state index in [1.807, 2.05) is 24.6 Å². The van der Waals surface area contributed by atoms with Crippen LogP contribution in [0.25, 0.3) is 0 Å². The van der Waals surface area contributed by atoms with Gasteiger partial charge in [0.25, 0.3) is 0 Å². The molecule has 0 unspecified atom stereocenters. The monoisotopic (exact) mass is 350 g/mol. The van der Waals surface area contributed by atoms with Crippen molar-refractivity contribution in [3.05, 3.63) is 17.5 Å². The van der Waals surface area contributed by atoms with E-state index in [2.05, 4.69) is 22.2 Å². The number of aromatic nitrogens is 2. The molecule has 0 radical (unpaired) electrons. The molecule has 5 nitrogen and oxygen atoms in total. The van der Waals surface area contributed by atoms with E-state index in [0.29, 0.717) is 12.6 Å². The fourth-order valence-electron chi connectivity index (χ4n) is 2.92. The summed E-state index contributed by atoms with van der Waals surface area (Å²) in [5, 5.41) is 7.75. The van der Waals surface area contributed by atoms with Crippen LogP contribution in [0.1, 0.15) is 37.6 Å².